The fourth-order valence-electron chi connectivity index (χ4n) is 1.77. The van der Waals surface area contributed by atoms with Crippen LogP contribution in [0.1, 0.15) is 21.7 Å². The van der Waals surface area contributed by atoms with Crippen molar-refractivity contribution in [3.8, 4) is 0 Å². The number of anilines is 1. The van der Waals surface area contributed by atoms with Crippen LogP contribution >= 0.6 is 0 Å². The molecule has 0 spiro atoms. The molecule has 1 amide bonds. The quantitative estimate of drug-likeness (QED) is 0.914. The monoisotopic (exact) mass is 255 g/mol. The second kappa shape index (κ2) is 5.63. The molecule has 19 heavy (non-hydrogen) atoms. The molecule has 0 bridgehead atoms. The molecule has 98 valence electrons. The SMILES string of the molecule is Cc1ccc(N(C)C(=O)c2cccc(CN)n2)cc1. The lowest BCUT2D eigenvalue weighted by Crippen LogP contribution is -2.27. The van der Waals surface area contributed by atoms with E-state index in [9.17, 15) is 4.79 Å². The van der Waals surface area contributed by atoms with E-state index >= 15 is 0 Å². The number of amides is 1. The summed E-state index contributed by atoms with van der Waals surface area (Å²) < 4.78 is 0. The molecular formula is C15H17N3O. The Morgan fingerprint density at radius 2 is 1.89 bits per heavy atom. The van der Waals surface area contributed by atoms with Crippen molar-refractivity contribution in [3.63, 3.8) is 0 Å². The number of nitrogens with zero attached hydrogens (tertiary/aromatic N) is 2. The number of hydrogen-bond acceptors (Lipinski definition) is 3. The third-order valence-corrected chi connectivity index (χ3v) is 2.96. The topological polar surface area (TPSA) is 59.2 Å². The summed E-state index contributed by atoms with van der Waals surface area (Å²) in [5, 5.41) is 0. The molecule has 0 saturated heterocycles. The lowest BCUT2D eigenvalue weighted by molar-refractivity contribution is 0.0988. The van der Waals surface area contributed by atoms with Crippen LogP contribution in [0.5, 0.6) is 0 Å². The minimum absolute atomic E-state index is 0.140. The third kappa shape index (κ3) is 2.98. The zero-order valence-corrected chi connectivity index (χ0v) is 11.1. The van der Waals surface area contributed by atoms with Gasteiger partial charge in [-0.05, 0) is 31.2 Å². The van der Waals surface area contributed by atoms with E-state index in [-0.39, 0.29) is 5.91 Å². The maximum absolute atomic E-state index is 12.3. The summed E-state index contributed by atoms with van der Waals surface area (Å²) in [5.41, 5.74) is 8.66. The highest BCUT2D eigenvalue weighted by atomic mass is 16.2. The van der Waals surface area contributed by atoms with Crippen molar-refractivity contribution in [2.24, 2.45) is 5.73 Å². The average molecular weight is 255 g/mol. The minimum atomic E-state index is -0.140. The summed E-state index contributed by atoms with van der Waals surface area (Å²) >= 11 is 0. The smallest absolute Gasteiger partial charge is 0.276 e. The first-order valence-electron chi connectivity index (χ1n) is 6.12. The molecule has 0 aliphatic carbocycles. The van der Waals surface area contributed by atoms with Gasteiger partial charge in [0.05, 0.1) is 5.69 Å². The Labute approximate surface area is 112 Å². The first kappa shape index (κ1) is 13.2. The van der Waals surface area contributed by atoms with Gasteiger partial charge in [0.1, 0.15) is 5.69 Å². The second-order valence-corrected chi connectivity index (χ2v) is 4.42. The van der Waals surface area contributed by atoms with Crippen LogP contribution in [0, 0.1) is 6.92 Å². The first-order chi connectivity index (χ1) is 9.11. The Hall–Kier alpha value is -2.20. The zero-order chi connectivity index (χ0) is 13.8. The normalized spacial score (nSPS) is 10.3. The van der Waals surface area contributed by atoms with E-state index < -0.39 is 0 Å². The summed E-state index contributed by atoms with van der Waals surface area (Å²) in [7, 11) is 1.74. The largest absolute Gasteiger partial charge is 0.325 e. The molecule has 4 nitrogen and oxygen atoms in total. The number of aryl methyl sites for hydroxylation is 1. The number of hydrogen-bond donors (Lipinski definition) is 1. The fourth-order valence-corrected chi connectivity index (χ4v) is 1.77. The van der Waals surface area contributed by atoms with Crippen molar-refractivity contribution in [2.45, 2.75) is 13.5 Å². The summed E-state index contributed by atoms with van der Waals surface area (Å²) in [4.78, 5) is 18.1. The van der Waals surface area contributed by atoms with E-state index in [4.69, 9.17) is 5.73 Å². The summed E-state index contributed by atoms with van der Waals surface area (Å²) in [6.45, 7) is 2.34. The molecule has 2 aromatic rings. The van der Waals surface area contributed by atoms with Gasteiger partial charge < -0.3 is 10.6 Å². The first-order valence-corrected chi connectivity index (χ1v) is 6.12. The molecule has 0 aliphatic rings. The lowest BCUT2D eigenvalue weighted by Gasteiger charge is -2.17. The molecule has 0 radical (unpaired) electrons. The van der Waals surface area contributed by atoms with Crippen LogP contribution in [0.25, 0.3) is 0 Å². The lowest BCUT2D eigenvalue weighted by atomic mass is 10.2. The third-order valence-electron chi connectivity index (χ3n) is 2.96. The van der Waals surface area contributed by atoms with Crippen molar-refractivity contribution >= 4 is 11.6 Å². The van der Waals surface area contributed by atoms with Crippen molar-refractivity contribution in [2.75, 3.05) is 11.9 Å². The average Bonchev–Trinajstić information content (AvgIpc) is 2.46. The van der Waals surface area contributed by atoms with Gasteiger partial charge in [-0.25, -0.2) is 4.98 Å². The fraction of sp³-hybridized carbons (Fsp3) is 0.200. The van der Waals surface area contributed by atoms with E-state index in [1.807, 2.05) is 37.3 Å². The van der Waals surface area contributed by atoms with E-state index in [0.29, 0.717) is 17.9 Å². The number of rotatable bonds is 3. The standard InChI is InChI=1S/C15H17N3O/c1-11-6-8-13(9-7-11)18(2)15(19)14-5-3-4-12(10-16)17-14/h3-9H,10,16H2,1-2H3. The van der Waals surface area contributed by atoms with E-state index in [2.05, 4.69) is 4.98 Å². The van der Waals surface area contributed by atoms with Gasteiger partial charge in [-0.3, -0.25) is 4.79 Å². The maximum Gasteiger partial charge on any atom is 0.276 e. The molecule has 1 aromatic carbocycles. The van der Waals surface area contributed by atoms with E-state index in [0.717, 1.165) is 11.3 Å². The molecule has 2 N–H and O–H groups in total. The van der Waals surface area contributed by atoms with Crippen LogP contribution in [-0.4, -0.2) is 17.9 Å². The van der Waals surface area contributed by atoms with Gasteiger partial charge in [0.15, 0.2) is 0 Å². The minimum Gasteiger partial charge on any atom is -0.325 e. The molecule has 0 aliphatic heterocycles. The van der Waals surface area contributed by atoms with Gasteiger partial charge >= 0.3 is 0 Å². The van der Waals surface area contributed by atoms with Crippen LogP contribution < -0.4 is 10.6 Å². The number of carbonyl (C=O) groups is 1. The molecule has 0 unspecified atom stereocenters. The molecule has 0 fully saturated rings. The molecule has 2 rings (SSSR count). The number of nitrogens with two attached hydrogens (primary N) is 1. The van der Waals surface area contributed by atoms with Gasteiger partial charge in [-0.2, -0.15) is 0 Å². The van der Waals surface area contributed by atoms with Crippen molar-refractivity contribution in [1.29, 1.82) is 0 Å². The Morgan fingerprint density at radius 1 is 1.21 bits per heavy atom. The molecule has 0 atom stereocenters. The Bertz CT molecular complexity index is 578. The Morgan fingerprint density at radius 3 is 2.53 bits per heavy atom. The van der Waals surface area contributed by atoms with Crippen LogP contribution in [0.4, 0.5) is 5.69 Å². The van der Waals surface area contributed by atoms with Gasteiger partial charge in [0.25, 0.3) is 5.91 Å². The predicted octanol–water partition coefficient (Wildman–Crippen LogP) is 2.13. The Balaban J connectivity index is 2.25. The van der Waals surface area contributed by atoms with Crippen molar-refractivity contribution < 1.29 is 4.79 Å². The molecule has 0 saturated carbocycles. The Kier molecular flexibility index (Phi) is 3.92. The number of pyridine rings is 1. The number of aromatic nitrogens is 1. The van der Waals surface area contributed by atoms with Crippen LogP contribution in [0.2, 0.25) is 0 Å². The van der Waals surface area contributed by atoms with Crippen molar-refractivity contribution in [1.82, 2.24) is 4.98 Å². The highest BCUT2D eigenvalue weighted by Gasteiger charge is 2.14. The van der Waals surface area contributed by atoms with E-state index in [1.165, 1.54) is 0 Å². The summed E-state index contributed by atoms with van der Waals surface area (Å²) in [6.07, 6.45) is 0. The molecule has 1 aromatic heterocycles. The second-order valence-electron chi connectivity index (χ2n) is 4.42. The number of benzene rings is 1. The molecular weight excluding hydrogens is 238 g/mol. The van der Waals surface area contributed by atoms with Crippen molar-refractivity contribution in [3.05, 3.63) is 59.4 Å². The highest BCUT2D eigenvalue weighted by Crippen LogP contribution is 2.15. The van der Waals surface area contributed by atoms with Gasteiger partial charge in [-0.1, -0.05) is 23.8 Å². The van der Waals surface area contributed by atoms with Crippen LogP contribution in [0.3, 0.4) is 0 Å². The summed E-state index contributed by atoms with van der Waals surface area (Å²) in [5.74, 6) is -0.140. The van der Waals surface area contributed by atoms with Gasteiger partial charge in [0.2, 0.25) is 0 Å². The summed E-state index contributed by atoms with van der Waals surface area (Å²) in [6, 6.07) is 13.1. The highest BCUT2D eigenvalue weighted by molar-refractivity contribution is 6.04. The molecule has 4 heteroatoms. The van der Waals surface area contributed by atoms with Gasteiger partial charge in [-0.15, -0.1) is 0 Å². The maximum atomic E-state index is 12.3. The van der Waals surface area contributed by atoms with Gasteiger partial charge in [0, 0.05) is 19.3 Å². The van der Waals surface area contributed by atoms with Crippen LogP contribution in [0.15, 0.2) is 42.5 Å². The van der Waals surface area contributed by atoms with Crippen LogP contribution in [-0.2, 0) is 6.54 Å². The molecule has 1 heterocycles. The predicted molar refractivity (Wildman–Crippen MR) is 76.0 cm³/mol. The van der Waals surface area contributed by atoms with E-state index in [1.54, 1.807) is 24.1 Å². The number of carbonyl (C=O) groups excluding carboxylic acids is 1. The zero-order valence-electron chi connectivity index (χ0n) is 11.1.